The van der Waals surface area contributed by atoms with Crippen molar-refractivity contribution >= 4 is 58.4 Å². The van der Waals surface area contributed by atoms with Crippen molar-refractivity contribution in [2.75, 3.05) is 6.54 Å². The van der Waals surface area contributed by atoms with Crippen LogP contribution in [0, 0.1) is 29.3 Å². The van der Waals surface area contributed by atoms with Crippen molar-refractivity contribution in [3.05, 3.63) is 105 Å². The molecule has 0 radical (unpaired) electrons. The molecule has 55 heavy (non-hydrogen) atoms. The van der Waals surface area contributed by atoms with Crippen LogP contribution in [0.15, 0.2) is 48.5 Å². The second kappa shape index (κ2) is 15.3. The number of rotatable bonds is 9. The number of nitrogens with one attached hydrogen (secondary N) is 4. The van der Waals surface area contributed by atoms with Gasteiger partial charge in [-0.3, -0.25) is 34.1 Å². The highest BCUT2D eigenvalue weighted by Gasteiger charge is 2.40. The summed E-state index contributed by atoms with van der Waals surface area (Å²) in [7, 11) is 0. The molecule has 1 fully saturated rings. The molecular formula is C39H34ClF3N6O6. The molecule has 0 aliphatic carbocycles. The zero-order valence-corrected chi connectivity index (χ0v) is 30.5. The highest BCUT2D eigenvalue weighted by Crippen LogP contribution is 2.35. The molecule has 4 aromatic rings. The van der Waals surface area contributed by atoms with Gasteiger partial charge in [0, 0.05) is 57.7 Å². The molecular weight excluding hydrogens is 741 g/mol. The van der Waals surface area contributed by atoms with Crippen molar-refractivity contribution in [1.29, 1.82) is 0 Å². The van der Waals surface area contributed by atoms with E-state index in [1.54, 1.807) is 45.0 Å². The van der Waals surface area contributed by atoms with E-state index in [0.717, 1.165) is 4.90 Å². The van der Waals surface area contributed by atoms with Gasteiger partial charge in [-0.05, 0) is 74.7 Å². The smallest absolute Gasteiger partial charge is 0.268 e. The summed E-state index contributed by atoms with van der Waals surface area (Å²) in [4.78, 5) is 83.3. The number of fused-ring (bicyclic) bond motifs is 2. The van der Waals surface area contributed by atoms with E-state index in [-0.39, 0.29) is 48.7 Å². The SMILES string of the molecule is CC(C)(C)NC(=O)C(c1c(C(=O)NCC#Cc2cccc3c2CN(C2CCC(=O)NC2=O)C3=O)[nH]c2cc(Cl)ccc12)N(C=O)Cc1cc(F)c(F)c(F)c1. The van der Waals surface area contributed by atoms with Gasteiger partial charge < -0.3 is 25.4 Å². The molecule has 12 nitrogen and oxygen atoms in total. The van der Waals surface area contributed by atoms with E-state index in [1.807, 2.05) is 0 Å². The zero-order chi connectivity index (χ0) is 39.8. The number of aromatic amines is 1. The van der Waals surface area contributed by atoms with Crippen molar-refractivity contribution in [2.45, 2.75) is 64.3 Å². The number of carbonyl (C=O) groups excluding carboxylic acids is 6. The Morgan fingerprint density at radius 2 is 1.82 bits per heavy atom. The highest BCUT2D eigenvalue weighted by molar-refractivity contribution is 6.31. The number of H-pyrrole nitrogens is 1. The van der Waals surface area contributed by atoms with E-state index >= 15 is 0 Å². The van der Waals surface area contributed by atoms with Crippen molar-refractivity contribution in [2.24, 2.45) is 0 Å². The molecule has 1 saturated heterocycles. The molecule has 0 bridgehead atoms. The topological polar surface area (TPSA) is 161 Å². The zero-order valence-electron chi connectivity index (χ0n) is 29.7. The van der Waals surface area contributed by atoms with Gasteiger partial charge in [-0.15, -0.1) is 0 Å². The Morgan fingerprint density at radius 3 is 2.49 bits per heavy atom. The molecule has 2 unspecified atom stereocenters. The molecule has 2 atom stereocenters. The number of aromatic nitrogens is 1. The number of hydrogen-bond donors (Lipinski definition) is 4. The van der Waals surface area contributed by atoms with Crippen LogP contribution in [0.3, 0.4) is 0 Å². The first-order chi connectivity index (χ1) is 26.1. The molecule has 0 saturated carbocycles. The molecule has 284 valence electrons. The minimum atomic E-state index is -1.70. The molecule has 3 aromatic carbocycles. The van der Waals surface area contributed by atoms with E-state index in [4.69, 9.17) is 11.6 Å². The van der Waals surface area contributed by atoms with Crippen LogP contribution in [-0.4, -0.2) is 68.9 Å². The normalized spacial score (nSPS) is 15.9. The van der Waals surface area contributed by atoms with Gasteiger partial charge in [0.1, 0.15) is 17.8 Å². The first-order valence-electron chi connectivity index (χ1n) is 17.1. The maximum Gasteiger partial charge on any atom is 0.268 e. The Kier molecular flexibility index (Phi) is 10.7. The van der Waals surface area contributed by atoms with E-state index in [0.29, 0.717) is 51.2 Å². The minimum Gasteiger partial charge on any atom is -0.350 e. The third kappa shape index (κ3) is 8.04. The number of halogens is 4. The predicted molar refractivity (Wildman–Crippen MR) is 194 cm³/mol. The van der Waals surface area contributed by atoms with Crippen molar-refractivity contribution < 1.29 is 41.9 Å². The fraction of sp³-hybridized carbons (Fsp3) is 0.282. The van der Waals surface area contributed by atoms with Crippen molar-refractivity contribution in [3.8, 4) is 11.8 Å². The van der Waals surface area contributed by atoms with Gasteiger partial charge in [0.15, 0.2) is 17.5 Å². The monoisotopic (exact) mass is 774 g/mol. The van der Waals surface area contributed by atoms with Crippen LogP contribution >= 0.6 is 11.6 Å². The lowest BCUT2D eigenvalue weighted by Crippen LogP contribution is -2.52. The summed E-state index contributed by atoms with van der Waals surface area (Å²) in [5.41, 5.74) is 0.708. The molecule has 2 aliphatic rings. The third-order valence-corrected chi connectivity index (χ3v) is 9.30. The Hall–Kier alpha value is -6.14. The summed E-state index contributed by atoms with van der Waals surface area (Å²) in [6, 6.07) is 8.61. The lowest BCUT2D eigenvalue weighted by molar-refractivity contribution is -0.137. The number of amides is 6. The maximum absolute atomic E-state index is 14.2. The summed E-state index contributed by atoms with van der Waals surface area (Å²) in [5, 5.41) is 8.38. The van der Waals surface area contributed by atoms with Crippen LogP contribution < -0.4 is 16.0 Å². The Labute approximate surface area is 317 Å². The van der Waals surface area contributed by atoms with Gasteiger partial charge in [-0.25, -0.2) is 13.2 Å². The molecule has 4 N–H and O–H groups in total. The fourth-order valence-electron chi connectivity index (χ4n) is 6.69. The van der Waals surface area contributed by atoms with E-state index in [9.17, 15) is 41.9 Å². The van der Waals surface area contributed by atoms with E-state index < -0.39 is 65.2 Å². The summed E-state index contributed by atoms with van der Waals surface area (Å²) in [5.74, 6) is -1.61. The molecule has 6 rings (SSSR count). The first kappa shape index (κ1) is 38.6. The van der Waals surface area contributed by atoms with Crippen LogP contribution in [0.2, 0.25) is 5.02 Å². The standard InChI is InChI=1S/C39H34ClF3N6O6/c1-39(2,3)47-37(54)34(48(19-50)17-20-14-26(41)32(43)27(42)15-20)31-24-10-9-22(40)16-28(24)45-33(31)36(53)44-13-5-7-21-6-4-8-23-25(21)18-49(38(23)55)29-11-12-30(51)46-35(29)52/h4,6,8-10,14-16,19,29,34,45H,11-13,17-18H2,1-3H3,(H,44,53)(H,47,54)(H,46,51,52). The second-order valence-corrected chi connectivity index (χ2v) is 14.5. The lowest BCUT2D eigenvalue weighted by Gasteiger charge is -2.31. The Morgan fingerprint density at radius 1 is 1.09 bits per heavy atom. The fourth-order valence-corrected chi connectivity index (χ4v) is 6.87. The summed E-state index contributed by atoms with van der Waals surface area (Å²) in [6.07, 6.45) is 0.599. The second-order valence-electron chi connectivity index (χ2n) is 14.1. The average Bonchev–Trinajstić information content (AvgIpc) is 3.65. The van der Waals surface area contributed by atoms with Crippen molar-refractivity contribution in [3.63, 3.8) is 0 Å². The highest BCUT2D eigenvalue weighted by atomic mass is 35.5. The molecule has 6 amide bonds. The quantitative estimate of drug-likeness (QED) is 0.0854. The van der Waals surface area contributed by atoms with E-state index in [1.165, 1.54) is 17.0 Å². The molecule has 3 heterocycles. The maximum atomic E-state index is 14.2. The number of piperidine rings is 1. The summed E-state index contributed by atoms with van der Waals surface area (Å²) < 4.78 is 42.2. The van der Waals surface area contributed by atoms with Gasteiger partial charge in [0.2, 0.25) is 24.1 Å². The predicted octanol–water partition coefficient (Wildman–Crippen LogP) is 4.40. The molecule has 2 aliphatic heterocycles. The van der Waals surface area contributed by atoms with Crippen LogP contribution in [0.25, 0.3) is 10.9 Å². The number of benzene rings is 3. The van der Waals surface area contributed by atoms with Crippen LogP contribution in [0.1, 0.15) is 82.8 Å². The number of imide groups is 1. The van der Waals surface area contributed by atoms with Gasteiger partial charge in [-0.1, -0.05) is 35.6 Å². The van der Waals surface area contributed by atoms with Gasteiger partial charge in [0.25, 0.3) is 11.8 Å². The minimum absolute atomic E-state index is 0.0435. The largest absolute Gasteiger partial charge is 0.350 e. The van der Waals surface area contributed by atoms with Gasteiger partial charge >= 0.3 is 0 Å². The third-order valence-electron chi connectivity index (χ3n) is 9.07. The van der Waals surface area contributed by atoms with Gasteiger partial charge in [-0.2, -0.15) is 0 Å². The van der Waals surface area contributed by atoms with Crippen molar-refractivity contribution in [1.82, 2.24) is 30.7 Å². The molecule has 0 spiro atoms. The Bertz CT molecular complexity index is 2320. The van der Waals surface area contributed by atoms with Crippen LogP contribution in [0.4, 0.5) is 13.2 Å². The van der Waals surface area contributed by atoms with Crippen LogP contribution in [-0.2, 0) is 32.3 Å². The number of hydrogen-bond acceptors (Lipinski definition) is 6. The summed E-state index contributed by atoms with van der Waals surface area (Å²) in [6.45, 7) is 4.43. The molecule has 1 aromatic heterocycles. The van der Waals surface area contributed by atoms with Gasteiger partial charge in [0.05, 0.1) is 6.54 Å². The first-order valence-corrected chi connectivity index (χ1v) is 17.4. The molecule has 16 heteroatoms. The van der Waals surface area contributed by atoms with E-state index in [2.05, 4.69) is 32.8 Å². The Balaban J connectivity index is 1.30. The lowest BCUT2D eigenvalue weighted by atomic mass is 9.97. The number of carbonyl (C=O) groups is 6. The summed E-state index contributed by atoms with van der Waals surface area (Å²) >= 11 is 6.26. The number of nitrogens with zero attached hydrogens (tertiary/aromatic N) is 2. The average molecular weight is 775 g/mol. The van der Waals surface area contributed by atoms with Crippen LogP contribution in [0.5, 0.6) is 0 Å².